The van der Waals surface area contributed by atoms with Crippen LogP contribution < -0.4 is 14.8 Å². The van der Waals surface area contributed by atoms with Crippen LogP contribution in [-0.2, 0) is 9.53 Å². The van der Waals surface area contributed by atoms with Crippen molar-refractivity contribution in [2.75, 3.05) is 26.1 Å². The molecule has 0 atom stereocenters. The van der Waals surface area contributed by atoms with E-state index < -0.39 is 5.97 Å². The number of amides is 1. The topological polar surface area (TPSA) is 73.9 Å². The van der Waals surface area contributed by atoms with Crippen LogP contribution >= 0.6 is 11.3 Å². The molecule has 6 nitrogen and oxygen atoms in total. The molecule has 0 saturated heterocycles. The summed E-state index contributed by atoms with van der Waals surface area (Å²) in [6, 6.07) is 12.8. The van der Waals surface area contributed by atoms with Gasteiger partial charge in [-0.2, -0.15) is 0 Å². The number of rotatable bonds is 7. The highest BCUT2D eigenvalue weighted by molar-refractivity contribution is 7.23. The summed E-state index contributed by atoms with van der Waals surface area (Å²) < 4.78 is 16.5. The molecule has 2 aromatic carbocycles. The Morgan fingerprint density at radius 3 is 2.55 bits per heavy atom. The van der Waals surface area contributed by atoms with Gasteiger partial charge in [0.15, 0.2) is 11.5 Å². The summed E-state index contributed by atoms with van der Waals surface area (Å²) in [5.74, 6) is 0.378. The van der Waals surface area contributed by atoms with Crippen LogP contribution in [0.4, 0.5) is 5.00 Å². The number of fused-ring (bicyclic) bond motifs is 1. The van der Waals surface area contributed by atoms with Crippen molar-refractivity contribution < 1.29 is 23.8 Å². The first-order chi connectivity index (χ1) is 14.1. The summed E-state index contributed by atoms with van der Waals surface area (Å²) in [4.78, 5) is 24.9. The second-order valence-electron chi connectivity index (χ2n) is 5.96. The predicted molar refractivity (Wildman–Crippen MR) is 115 cm³/mol. The van der Waals surface area contributed by atoms with E-state index >= 15 is 0 Å². The maximum absolute atomic E-state index is 12.5. The van der Waals surface area contributed by atoms with Crippen LogP contribution in [0.2, 0.25) is 0 Å². The minimum Gasteiger partial charge on any atom is -0.493 e. The summed E-state index contributed by atoms with van der Waals surface area (Å²) in [5, 5.41) is 4.02. The number of esters is 1. The number of methoxy groups -OCH3 is 2. The molecule has 0 bridgehead atoms. The van der Waals surface area contributed by atoms with Gasteiger partial charge in [-0.3, -0.25) is 4.79 Å². The van der Waals surface area contributed by atoms with Crippen molar-refractivity contribution in [1.82, 2.24) is 0 Å². The third-order valence-corrected chi connectivity index (χ3v) is 5.23. The van der Waals surface area contributed by atoms with Gasteiger partial charge in [0.2, 0.25) is 5.91 Å². The van der Waals surface area contributed by atoms with Gasteiger partial charge in [0.1, 0.15) is 10.6 Å². The lowest BCUT2D eigenvalue weighted by molar-refractivity contribution is -0.111. The fraction of sp³-hybridized carbons (Fsp3) is 0.182. The van der Waals surface area contributed by atoms with Crippen LogP contribution in [-0.4, -0.2) is 32.7 Å². The zero-order valence-corrected chi connectivity index (χ0v) is 17.2. The number of carbonyl (C=O) groups excluding carboxylic acids is 2. The van der Waals surface area contributed by atoms with Crippen molar-refractivity contribution in [3.8, 4) is 11.5 Å². The highest BCUT2D eigenvalue weighted by Gasteiger charge is 2.20. The SMILES string of the molecule is CCOC(=O)c1c(NC(=O)C=Cc2ccc(OC)c(OC)c2)sc2ccccc12. The van der Waals surface area contributed by atoms with Gasteiger partial charge in [0, 0.05) is 16.2 Å². The Morgan fingerprint density at radius 1 is 1.07 bits per heavy atom. The number of hydrogen-bond donors (Lipinski definition) is 1. The number of hydrogen-bond acceptors (Lipinski definition) is 6. The second kappa shape index (κ2) is 9.25. The van der Waals surface area contributed by atoms with Gasteiger partial charge >= 0.3 is 5.97 Å². The van der Waals surface area contributed by atoms with Crippen molar-refractivity contribution >= 4 is 44.4 Å². The Hall–Kier alpha value is -3.32. The smallest absolute Gasteiger partial charge is 0.341 e. The average molecular weight is 411 g/mol. The first-order valence-electron chi connectivity index (χ1n) is 8.97. The molecule has 3 aromatic rings. The molecule has 7 heteroatoms. The summed E-state index contributed by atoms with van der Waals surface area (Å²) in [7, 11) is 3.11. The lowest BCUT2D eigenvalue weighted by atomic mass is 10.1. The molecule has 1 amide bonds. The average Bonchev–Trinajstić information content (AvgIpc) is 3.09. The minimum atomic E-state index is -0.455. The molecule has 0 aliphatic carbocycles. The molecule has 0 unspecified atom stereocenters. The highest BCUT2D eigenvalue weighted by Crippen LogP contribution is 2.36. The summed E-state index contributed by atoms with van der Waals surface area (Å²) in [6.45, 7) is 2.01. The molecule has 0 fully saturated rings. The van der Waals surface area contributed by atoms with Crippen LogP contribution in [0.3, 0.4) is 0 Å². The summed E-state index contributed by atoms with van der Waals surface area (Å²) in [6.07, 6.45) is 3.06. The molecule has 0 radical (unpaired) electrons. The minimum absolute atomic E-state index is 0.260. The number of anilines is 1. The predicted octanol–water partition coefficient (Wildman–Crippen LogP) is 4.75. The maximum Gasteiger partial charge on any atom is 0.341 e. The van der Waals surface area contributed by atoms with Crippen LogP contribution in [0.25, 0.3) is 16.2 Å². The number of thiophene rings is 1. The zero-order valence-electron chi connectivity index (χ0n) is 16.4. The van der Waals surface area contributed by atoms with Gasteiger partial charge in [0.25, 0.3) is 0 Å². The molecule has 0 spiro atoms. The molecular formula is C22H21NO5S. The van der Waals surface area contributed by atoms with Crippen molar-refractivity contribution in [3.63, 3.8) is 0 Å². The van der Waals surface area contributed by atoms with Crippen molar-refractivity contribution in [2.24, 2.45) is 0 Å². The highest BCUT2D eigenvalue weighted by atomic mass is 32.1. The molecule has 1 aromatic heterocycles. The number of benzene rings is 2. The first-order valence-corrected chi connectivity index (χ1v) is 9.78. The van der Waals surface area contributed by atoms with E-state index in [1.807, 2.05) is 30.3 Å². The van der Waals surface area contributed by atoms with Crippen LogP contribution in [0.15, 0.2) is 48.5 Å². The number of ether oxygens (including phenoxy) is 3. The monoisotopic (exact) mass is 411 g/mol. The Bertz CT molecular complexity index is 1070. The number of carbonyl (C=O) groups is 2. The van der Waals surface area contributed by atoms with E-state index in [1.54, 1.807) is 39.4 Å². The van der Waals surface area contributed by atoms with Crippen LogP contribution in [0.1, 0.15) is 22.8 Å². The zero-order chi connectivity index (χ0) is 20.8. The van der Waals surface area contributed by atoms with Crippen molar-refractivity contribution in [3.05, 3.63) is 59.7 Å². The third kappa shape index (κ3) is 4.57. The molecule has 29 heavy (non-hydrogen) atoms. The Kier molecular flexibility index (Phi) is 6.51. The lowest BCUT2D eigenvalue weighted by Gasteiger charge is -2.07. The van der Waals surface area contributed by atoms with Crippen LogP contribution in [0.5, 0.6) is 11.5 Å². The Morgan fingerprint density at radius 2 is 1.83 bits per heavy atom. The maximum atomic E-state index is 12.5. The van der Waals surface area contributed by atoms with Crippen molar-refractivity contribution in [2.45, 2.75) is 6.92 Å². The number of nitrogens with one attached hydrogen (secondary N) is 1. The van der Waals surface area contributed by atoms with E-state index in [2.05, 4.69) is 5.32 Å². The molecule has 1 N–H and O–H groups in total. The van der Waals surface area contributed by atoms with Gasteiger partial charge < -0.3 is 19.5 Å². The molecular weight excluding hydrogens is 390 g/mol. The molecule has 0 aliphatic rings. The quantitative estimate of drug-likeness (QED) is 0.449. The van der Waals surface area contributed by atoms with Crippen LogP contribution in [0, 0.1) is 0 Å². The lowest BCUT2D eigenvalue weighted by Crippen LogP contribution is -2.12. The normalized spacial score (nSPS) is 10.9. The molecule has 3 rings (SSSR count). The Balaban J connectivity index is 1.84. The van der Waals surface area contributed by atoms with E-state index in [9.17, 15) is 9.59 Å². The van der Waals surface area contributed by atoms with Gasteiger partial charge in [-0.05, 0) is 36.8 Å². The molecule has 150 valence electrons. The third-order valence-electron chi connectivity index (χ3n) is 4.15. The van der Waals surface area contributed by atoms with E-state index in [-0.39, 0.29) is 12.5 Å². The van der Waals surface area contributed by atoms with Crippen molar-refractivity contribution in [1.29, 1.82) is 0 Å². The standard InChI is InChI=1S/C22H21NO5S/c1-4-28-22(25)20-15-7-5-6-8-18(15)29-21(20)23-19(24)12-10-14-9-11-16(26-2)17(13-14)27-3/h5-13H,4H2,1-3H3,(H,23,24). The molecule has 0 aliphatic heterocycles. The van der Waals surface area contributed by atoms with Gasteiger partial charge in [-0.15, -0.1) is 11.3 Å². The summed E-state index contributed by atoms with van der Waals surface area (Å²) in [5.41, 5.74) is 1.15. The largest absolute Gasteiger partial charge is 0.493 e. The molecule has 0 saturated carbocycles. The molecule has 1 heterocycles. The van der Waals surface area contributed by atoms with E-state index in [0.29, 0.717) is 22.1 Å². The van der Waals surface area contributed by atoms with E-state index in [4.69, 9.17) is 14.2 Å². The van der Waals surface area contributed by atoms with Gasteiger partial charge in [0.05, 0.1) is 20.8 Å². The fourth-order valence-electron chi connectivity index (χ4n) is 2.82. The first kappa shape index (κ1) is 20.4. The van der Waals surface area contributed by atoms with E-state index in [1.165, 1.54) is 17.4 Å². The van der Waals surface area contributed by atoms with E-state index in [0.717, 1.165) is 15.6 Å². The summed E-state index contributed by atoms with van der Waals surface area (Å²) >= 11 is 1.34. The van der Waals surface area contributed by atoms with Gasteiger partial charge in [-0.25, -0.2) is 4.79 Å². The fourth-order valence-corrected chi connectivity index (χ4v) is 3.91. The Labute approximate surface area is 172 Å². The second-order valence-corrected chi connectivity index (χ2v) is 7.01. The van der Waals surface area contributed by atoms with Gasteiger partial charge in [-0.1, -0.05) is 24.3 Å².